The molecule has 0 aromatic heterocycles. The Labute approximate surface area is 200 Å². The van der Waals surface area contributed by atoms with Crippen molar-refractivity contribution in [2.45, 2.75) is 69.9 Å². The number of carbonyl (C=O) groups is 4. The van der Waals surface area contributed by atoms with Crippen molar-refractivity contribution in [3.05, 3.63) is 35.9 Å². The predicted octanol–water partition coefficient (Wildman–Crippen LogP) is 2.29. The van der Waals surface area contributed by atoms with Gasteiger partial charge >= 0.3 is 6.03 Å². The van der Waals surface area contributed by atoms with E-state index in [-0.39, 0.29) is 30.3 Å². The van der Waals surface area contributed by atoms with E-state index in [0.717, 1.165) is 50.1 Å². The SMILES string of the molecule is CCCN(CC(=O)NN1C(=O)NC2(CCCCC2)C1=O)C1CCN(C(=O)c2ccccc2)CC1. The van der Waals surface area contributed by atoms with Gasteiger partial charge in [-0.1, -0.05) is 44.4 Å². The van der Waals surface area contributed by atoms with Gasteiger partial charge in [0.1, 0.15) is 5.54 Å². The summed E-state index contributed by atoms with van der Waals surface area (Å²) in [7, 11) is 0. The third-order valence-corrected chi connectivity index (χ3v) is 7.25. The van der Waals surface area contributed by atoms with Crippen molar-refractivity contribution in [1.82, 2.24) is 25.6 Å². The topological polar surface area (TPSA) is 102 Å². The van der Waals surface area contributed by atoms with Gasteiger partial charge in [-0.05, 0) is 50.8 Å². The van der Waals surface area contributed by atoms with Crippen LogP contribution in [0.1, 0.15) is 68.6 Å². The quantitative estimate of drug-likeness (QED) is 0.597. The van der Waals surface area contributed by atoms with Crippen LogP contribution in [0.15, 0.2) is 30.3 Å². The normalized spacial score (nSPS) is 20.6. The number of nitrogens with one attached hydrogen (secondary N) is 2. The average Bonchev–Trinajstić information content (AvgIpc) is 3.08. The molecule has 9 heteroatoms. The number of urea groups is 1. The summed E-state index contributed by atoms with van der Waals surface area (Å²) in [4.78, 5) is 55.0. The van der Waals surface area contributed by atoms with E-state index >= 15 is 0 Å². The maximum atomic E-state index is 12.9. The Morgan fingerprint density at radius 2 is 1.76 bits per heavy atom. The highest BCUT2D eigenvalue weighted by Gasteiger charge is 2.52. The van der Waals surface area contributed by atoms with Gasteiger partial charge in [0.15, 0.2) is 0 Å². The molecule has 2 N–H and O–H groups in total. The Kier molecular flexibility index (Phi) is 7.50. The summed E-state index contributed by atoms with van der Waals surface area (Å²) in [6, 6.07) is 8.90. The second-order valence-corrected chi connectivity index (χ2v) is 9.61. The zero-order chi connectivity index (χ0) is 24.1. The molecular formula is C25H35N5O4. The number of carbonyl (C=O) groups excluding carboxylic acids is 4. The first-order valence-corrected chi connectivity index (χ1v) is 12.5. The smallest absolute Gasteiger partial charge is 0.339 e. The van der Waals surface area contributed by atoms with E-state index in [1.165, 1.54) is 0 Å². The van der Waals surface area contributed by atoms with Crippen LogP contribution in [-0.4, -0.2) is 76.3 Å². The first-order chi connectivity index (χ1) is 16.4. The predicted molar refractivity (Wildman–Crippen MR) is 127 cm³/mol. The minimum atomic E-state index is -0.857. The summed E-state index contributed by atoms with van der Waals surface area (Å²) < 4.78 is 0. The second-order valence-electron chi connectivity index (χ2n) is 9.61. The lowest BCUT2D eigenvalue weighted by atomic mass is 9.82. The highest BCUT2D eigenvalue weighted by Crippen LogP contribution is 2.33. The van der Waals surface area contributed by atoms with Crippen LogP contribution < -0.4 is 10.7 Å². The summed E-state index contributed by atoms with van der Waals surface area (Å²) in [6.07, 6.45) is 6.50. The molecule has 9 nitrogen and oxygen atoms in total. The number of nitrogens with zero attached hydrogens (tertiary/aromatic N) is 3. The van der Waals surface area contributed by atoms with E-state index in [9.17, 15) is 19.2 Å². The third kappa shape index (κ3) is 5.09. The maximum absolute atomic E-state index is 12.9. The molecule has 2 aliphatic heterocycles. The van der Waals surface area contributed by atoms with E-state index in [1.807, 2.05) is 35.2 Å². The monoisotopic (exact) mass is 469 g/mol. The minimum Gasteiger partial charge on any atom is -0.339 e. The van der Waals surface area contributed by atoms with Crippen LogP contribution in [0.4, 0.5) is 4.79 Å². The average molecular weight is 470 g/mol. The number of amides is 5. The summed E-state index contributed by atoms with van der Waals surface area (Å²) in [5.41, 5.74) is 2.39. The molecule has 0 bridgehead atoms. The lowest BCUT2D eigenvalue weighted by Gasteiger charge is -2.38. The Bertz CT molecular complexity index is 907. The molecule has 184 valence electrons. The highest BCUT2D eigenvalue weighted by molar-refractivity contribution is 6.08. The van der Waals surface area contributed by atoms with Gasteiger partial charge < -0.3 is 10.2 Å². The molecule has 5 amide bonds. The van der Waals surface area contributed by atoms with Crippen molar-refractivity contribution in [2.75, 3.05) is 26.2 Å². The first-order valence-electron chi connectivity index (χ1n) is 12.5. The molecule has 1 saturated carbocycles. The fraction of sp³-hybridized carbons (Fsp3) is 0.600. The lowest BCUT2D eigenvalue weighted by Crippen LogP contribution is -2.54. The molecule has 0 atom stereocenters. The standard InChI is InChI=1S/C25H35N5O4/c1-2-15-29(20-11-16-28(17-12-20)22(32)19-9-5-3-6-10-19)18-21(31)27-30-23(33)25(26-24(30)34)13-7-4-8-14-25/h3,5-6,9-10,20H,2,4,7-8,11-18H2,1H3,(H,26,34)(H,27,31). The molecule has 1 aromatic carbocycles. The highest BCUT2D eigenvalue weighted by atomic mass is 16.2. The van der Waals surface area contributed by atoms with Gasteiger partial charge in [-0.15, -0.1) is 0 Å². The second kappa shape index (κ2) is 10.5. The number of rotatable bonds is 7. The number of piperidine rings is 1. The van der Waals surface area contributed by atoms with Crippen molar-refractivity contribution < 1.29 is 19.2 Å². The molecule has 0 unspecified atom stereocenters. The largest absolute Gasteiger partial charge is 0.344 e. The fourth-order valence-corrected chi connectivity index (χ4v) is 5.44. The van der Waals surface area contributed by atoms with E-state index in [1.54, 1.807) is 0 Å². The molecule has 2 heterocycles. The molecule has 1 aliphatic carbocycles. The van der Waals surface area contributed by atoms with Crippen molar-refractivity contribution in [3.63, 3.8) is 0 Å². The third-order valence-electron chi connectivity index (χ3n) is 7.25. The van der Waals surface area contributed by atoms with Crippen molar-refractivity contribution in [2.24, 2.45) is 0 Å². The van der Waals surface area contributed by atoms with Crippen LogP contribution in [0.25, 0.3) is 0 Å². The molecule has 3 aliphatic rings. The molecular weight excluding hydrogens is 434 g/mol. The van der Waals surface area contributed by atoms with Crippen molar-refractivity contribution in [3.8, 4) is 0 Å². The lowest BCUT2D eigenvalue weighted by molar-refractivity contribution is -0.140. The van der Waals surface area contributed by atoms with Crippen LogP contribution in [-0.2, 0) is 9.59 Å². The molecule has 1 spiro atoms. The fourth-order valence-electron chi connectivity index (χ4n) is 5.44. The van der Waals surface area contributed by atoms with Gasteiger partial charge in [-0.3, -0.25) is 24.7 Å². The first kappa shape index (κ1) is 24.2. The molecule has 4 rings (SSSR count). The Hall–Kier alpha value is -2.94. The van der Waals surface area contributed by atoms with Gasteiger partial charge in [0.05, 0.1) is 6.54 Å². The molecule has 2 saturated heterocycles. The van der Waals surface area contributed by atoms with E-state index < -0.39 is 11.6 Å². The minimum absolute atomic E-state index is 0.0361. The molecule has 3 fully saturated rings. The zero-order valence-corrected chi connectivity index (χ0v) is 19.9. The van der Waals surface area contributed by atoms with Crippen molar-refractivity contribution >= 4 is 23.8 Å². The summed E-state index contributed by atoms with van der Waals surface area (Å²) >= 11 is 0. The van der Waals surface area contributed by atoms with E-state index in [4.69, 9.17) is 0 Å². The summed E-state index contributed by atoms with van der Waals surface area (Å²) in [6.45, 7) is 4.17. The van der Waals surface area contributed by atoms with Crippen molar-refractivity contribution in [1.29, 1.82) is 0 Å². The van der Waals surface area contributed by atoms with E-state index in [2.05, 4.69) is 22.6 Å². The number of benzene rings is 1. The van der Waals surface area contributed by atoms with Gasteiger partial charge in [-0.2, -0.15) is 5.01 Å². The Balaban J connectivity index is 1.32. The van der Waals surface area contributed by atoms with Crippen LogP contribution in [0.2, 0.25) is 0 Å². The molecule has 1 aromatic rings. The summed E-state index contributed by atoms with van der Waals surface area (Å²) in [5.74, 6) is -0.679. The van der Waals surface area contributed by atoms with Crippen LogP contribution in [0, 0.1) is 0 Å². The Morgan fingerprint density at radius 1 is 1.09 bits per heavy atom. The summed E-state index contributed by atoms with van der Waals surface area (Å²) in [5, 5.41) is 3.69. The number of hydrogen-bond donors (Lipinski definition) is 2. The maximum Gasteiger partial charge on any atom is 0.344 e. The van der Waals surface area contributed by atoms with Gasteiger partial charge in [0.25, 0.3) is 17.7 Å². The molecule has 34 heavy (non-hydrogen) atoms. The zero-order valence-electron chi connectivity index (χ0n) is 19.9. The van der Waals surface area contributed by atoms with Crippen LogP contribution in [0.5, 0.6) is 0 Å². The van der Waals surface area contributed by atoms with Gasteiger partial charge in [0.2, 0.25) is 0 Å². The van der Waals surface area contributed by atoms with Gasteiger partial charge in [-0.25, -0.2) is 4.79 Å². The van der Waals surface area contributed by atoms with Crippen LogP contribution in [0.3, 0.4) is 0 Å². The number of imide groups is 1. The Morgan fingerprint density at radius 3 is 2.41 bits per heavy atom. The van der Waals surface area contributed by atoms with Crippen LogP contribution >= 0.6 is 0 Å². The number of likely N-dealkylation sites (tertiary alicyclic amines) is 1. The van der Waals surface area contributed by atoms with Gasteiger partial charge in [0, 0.05) is 24.7 Å². The number of hydrazine groups is 1. The number of hydrogen-bond acceptors (Lipinski definition) is 5. The van der Waals surface area contributed by atoms with E-state index in [0.29, 0.717) is 31.5 Å². The molecule has 0 radical (unpaired) electrons.